The summed E-state index contributed by atoms with van der Waals surface area (Å²) < 4.78 is 5.64. The van der Waals surface area contributed by atoms with Crippen molar-refractivity contribution in [2.45, 2.75) is 32.9 Å². The van der Waals surface area contributed by atoms with Gasteiger partial charge < -0.3 is 15.4 Å². The van der Waals surface area contributed by atoms with Crippen LogP contribution in [0.3, 0.4) is 0 Å². The van der Waals surface area contributed by atoms with Crippen LogP contribution in [0.5, 0.6) is 0 Å². The van der Waals surface area contributed by atoms with Crippen molar-refractivity contribution in [1.29, 1.82) is 0 Å². The minimum Gasteiger partial charge on any atom is -0.398 e. The van der Waals surface area contributed by atoms with Crippen LogP contribution in [-0.4, -0.2) is 25.3 Å². The number of nitrogens with two attached hydrogens (primary N) is 1. The van der Waals surface area contributed by atoms with Crippen molar-refractivity contribution in [3.63, 3.8) is 0 Å². The summed E-state index contributed by atoms with van der Waals surface area (Å²) in [7, 11) is 0. The van der Waals surface area contributed by atoms with Crippen molar-refractivity contribution in [2.24, 2.45) is 0 Å². The molecule has 3 heteroatoms. The molecule has 1 fully saturated rings. The molecule has 0 bridgehead atoms. The molecular formula is C13H20N2O. The van der Waals surface area contributed by atoms with E-state index >= 15 is 0 Å². The van der Waals surface area contributed by atoms with Crippen molar-refractivity contribution >= 4 is 11.4 Å². The second-order valence-electron chi connectivity index (χ2n) is 4.64. The third-order valence-electron chi connectivity index (χ3n) is 3.26. The standard InChI is InChI=1S/C13H20N2O/c1-9-8-16-10(2)7-15(9)13-6-4-5-12(14)11(13)3/h4-6,9-10H,7-8,14H2,1-3H3. The number of ether oxygens (including phenoxy) is 1. The van der Waals surface area contributed by atoms with Gasteiger partial charge in [0, 0.05) is 24.0 Å². The van der Waals surface area contributed by atoms with Gasteiger partial charge in [0.25, 0.3) is 0 Å². The molecule has 2 rings (SSSR count). The average Bonchev–Trinajstić information content (AvgIpc) is 2.26. The molecule has 88 valence electrons. The number of anilines is 2. The third kappa shape index (κ3) is 2.00. The highest BCUT2D eigenvalue weighted by Gasteiger charge is 2.24. The van der Waals surface area contributed by atoms with Gasteiger partial charge in [-0.3, -0.25) is 0 Å². The predicted molar refractivity (Wildman–Crippen MR) is 67.8 cm³/mol. The first-order valence-corrected chi connectivity index (χ1v) is 5.83. The van der Waals surface area contributed by atoms with E-state index in [1.165, 1.54) is 11.3 Å². The summed E-state index contributed by atoms with van der Waals surface area (Å²) in [4.78, 5) is 2.39. The smallest absolute Gasteiger partial charge is 0.0723 e. The second kappa shape index (κ2) is 4.34. The third-order valence-corrected chi connectivity index (χ3v) is 3.26. The Kier molecular flexibility index (Phi) is 3.06. The molecule has 0 spiro atoms. The van der Waals surface area contributed by atoms with Gasteiger partial charge >= 0.3 is 0 Å². The van der Waals surface area contributed by atoms with Gasteiger partial charge in [-0.25, -0.2) is 0 Å². The van der Waals surface area contributed by atoms with Crippen LogP contribution in [0.4, 0.5) is 11.4 Å². The summed E-state index contributed by atoms with van der Waals surface area (Å²) in [6.45, 7) is 8.10. The Morgan fingerprint density at radius 1 is 1.38 bits per heavy atom. The van der Waals surface area contributed by atoms with Crippen molar-refractivity contribution in [1.82, 2.24) is 0 Å². The molecule has 1 aliphatic heterocycles. The van der Waals surface area contributed by atoms with Crippen molar-refractivity contribution in [2.75, 3.05) is 23.8 Å². The molecule has 0 saturated carbocycles. The summed E-state index contributed by atoms with van der Waals surface area (Å²) in [5.74, 6) is 0. The minimum absolute atomic E-state index is 0.289. The number of rotatable bonds is 1. The first kappa shape index (κ1) is 11.3. The molecule has 0 aliphatic carbocycles. The van der Waals surface area contributed by atoms with E-state index in [1.807, 2.05) is 12.1 Å². The largest absolute Gasteiger partial charge is 0.398 e. The molecule has 2 unspecified atom stereocenters. The highest BCUT2D eigenvalue weighted by molar-refractivity contribution is 5.64. The van der Waals surface area contributed by atoms with Crippen molar-refractivity contribution < 1.29 is 4.74 Å². The molecule has 2 N–H and O–H groups in total. The number of benzene rings is 1. The normalized spacial score (nSPS) is 25.8. The lowest BCUT2D eigenvalue weighted by Crippen LogP contribution is -2.47. The summed E-state index contributed by atoms with van der Waals surface area (Å²) in [6.07, 6.45) is 0.289. The molecule has 1 aromatic carbocycles. The number of nitrogen functional groups attached to an aromatic ring is 1. The Morgan fingerprint density at radius 2 is 2.12 bits per heavy atom. The van der Waals surface area contributed by atoms with E-state index in [9.17, 15) is 0 Å². The van der Waals surface area contributed by atoms with E-state index < -0.39 is 0 Å². The average molecular weight is 220 g/mol. The Labute approximate surface area is 97.2 Å². The fraction of sp³-hybridized carbons (Fsp3) is 0.538. The van der Waals surface area contributed by atoms with Crippen LogP contribution >= 0.6 is 0 Å². The molecule has 1 saturated heterocycles. The number of nitrogens with zero attached hydrogens (tertiary/aromatic N) is 1. The summed E-state index contributed by atoms with van der Waals surface area (Å²) in [6, 6.07) is 6.52. The van der Waals surface area contributed by atoms with E-state index in [4.69, 9.17) is 10.5 Å². The fourth-order valence-electron chi connectivity index (χ4n) is 2.19. The van der Waals surface area contributed by atoms with Gasteiger partial charge in [-0.2, -0.15) is 0 Å². The molecule has 0 amide bonds. The maximum Gasteiger partial charge on any atom is 0.0723 e. The molecule has 0 aromatic heterocycles. The maximum absolute atomic E-state index is 5.95. The zero-order valence-corrected chi connectivity index (χ0v) is 10.2. The van der Waals surface area contributed by atoms with Gasteiger partial charge in [0.2, 0.25) is 0 Å². The lowest BCUT2D eigenvalue weighted by molar-refractivity contribution is 0.0343. The zero-order chi connectivity index (χ0) is 11.7. The fourth-order valence-corrected chi connectivity index (χ4v) is 2.19. The molecule has 1 aromatic rings. The molecule has 3 nitrogen and oxygen atoms in total. The molecule has 16 heavy (non-hydrogen) atoms. The highest BCUT2D eigenvalue weighted by Crippen LogP contribution is 2.28. The van der Waals surface area contributed by atoms with Crippen LogP contribution in [0, 0.1) is 6.92 Å². The SMILES string of the molecule is Cc1c(N)cccc1N1CC(C)OCC1C. The summed E-state index contributed by atoms with van der Waals surface area (Å²) in [5, 5.41) is 0. The van der Waals surface area contributed by atoms with Crippen LogP contribution in [0.25, 0.3) is 0 Å². The maximum atomic E-state index is 5.95. The monoisotopic (exact) mass is 220 g/mol. The van der Waals surface area contributed by atoms with Gasteiger partial charge in [0.1, 0.15) is 0 Å². The summed E-state index contributed by atoms with van der Waals surface area (Å²) in [5.41, 5.74) is 9.22. The molecule has 0 radical (unpaired) electrons. The number of morpholine rings is 1. The van der Waals surface area contributed by atoms with E-state index in [1.54, 1.807) is 0 Å². The first-order chi connectivity index (χ1) is 7.59. The molecular weight excluding hydrogens is 200 g/mol. The first-order valence-electron chi connectivity index (χ1n) is 5.83. The number of hydrogen-bond acceptors (Lipinski definition) is 3. The Bertz CT molecular complexity index is 378. The zero-order valence-electron chi connectivity index (χ0n) is 10.2. The predicted octanol–water partition coefficient (Wildman–Crippen LogP) is 2.19. The van der Waals surface area contributed by atoms with Gasteiger partial charge in [0.15, 0.2) is 0 Å². The van der Waals surface area contributed by atoms with Crippen LogP contribution < -0.4 is 10.6 Å². The Balaban J connectivity index is 2.31. The van der Waals surface area contributed by atoms with Gasteiger partial charge in [-0.05, 0) is 38.5 Å². The lowest BCUT2D eigenvalue weighted by atomic mass is 10.1. The highest BCUT2D eigenvalue weighted by atomic mass is 16.5. The van der Waals surface area contributed by atoms with Gasteiger partial charge in [-0.15, -0.1) is 0 Å². The molecule has 1 heterocycles. The van der Waals surface area contributed by atoms with E-state index in [0.717, 1.165) is 18.8 Å². The quantitative estimate of drug-likeness (QED) is 0.737. The van der Waals surface area contributed by atoms with Gasteiger partial charge in [0.05, 0.1) is 12.7 Å². The van der Waals surface area contributed by atoms with E-state index in [-0.39, 0.29) is 6.10 Å². The second-order valence-corrected chi connectivity index (χ2v) is 4.64. The topological polar surface area (TPSA) is 38.5 Å². The lowest BCUT2D eigenvalue weighted by Gasteiger charge is -2.39. The van der Waals surface area contributed by atoms with E-state index in [2.05, 4.69) is 31.7 Å². The summed E-state index contributed by atoms with van der Waals surface area (Å²) >= 11 is 0. The van der Waals surface area contributed by atoms with Crippen molar-refractivity contribution in [3.8, 4) is 0 Å². The van der Waals surface area contributed by atoms with Gasteiger partial charge in [-0.1, -0.05) is 6.07 Å². The number of hydrogen-bond donors (Lipinski definition) is 1. The van der Waals surface area contributed by atoms with Crippen molar-refractivity contribution in [3.05, 3.63) is 23.8 Å². The molecule has 2 atom stereocenters. The van der Waals surface area contributed by atoms with Crippen LogP contribution in [0.1, 0.15) is 19.4 Å². The van der Waals surface area contributed by atoms with Crippen LogP contribution in [0.15, 0.2) is 18.2 Å². The van der Waals surface area contributed by atoms with Crippen LogP contribution in [0.2, 0.25) is 0 Å². The Morgan fingerprint density at radius 3 is 2.88 bits per heavy atom. The Hall–Kier alpha value is -1.22. The molecule has 1 aliphatic rings. The minimum atomic E-state index is 0.289. The van der Waals surface area contributed by atoms with E-state index in [0.29, 0.717) is 6.04 Å². The van der Waals surface area contributed by atoms with Crippen LogP contribution in [-0.2, 0) is 4.74 Å².